The van der Waals surface area contributed by atoms with Gasteiger partial charge in [0.25, 0.3) is 0 Å². The van der Waals surface area contributed by atoms with Gasteiger partial charge in [0.05, 0.1) is 18.1 Å². The highest BCUT2D eigenvalue weighted by molar-refractivity contribution is 5.64. The van der Waals surface area contributed by atoms with E-state index in [0.717, 1.165) is 25.0 Å². The molecule has 1 saturated heterocycles. The molecule has 1 N–H and O–H groups in total. The number of benzene rings is 1. The zero-order valence-electron chi connectivity index (χ0n) is 14.0. The van der Waals surface area contributed by atoms with Gasteiger partial charge in [-0.25, -0.2) is 9.07 Å². The maximum absolute atomic E-state index is 13.3. The molecule has 128 valence electrons. The summed E-state index contributed by atoms with van der Waals surface area (Å²) in [5.41, 5.74) is 3.87. The molecule has 1 fully saturated rings. The molecule has 0 radical (unpaired) electrons. The number of pyridine rings is 1. The maximum atomic E-state index is 13.3. The van der Waals surface area contributed by atoms with Crippen LogP contribution in [0.5, 0.6) is 0 Å². The van der Waals surface area contributed by atoms with Crippen LogP contribution in [-0.2, 0) is 0 Å². The molecule has 1 aromatic carbocycles. The van der Waals surface area contributed by atoms with Crippen molar-refractivity contribution in [3.05, 3.63) is 54.4 Å². The van der Waals surface area contributed by atoms with Crippen LogP contribution in [-0.4, -0.2) is 32.8 Å². The minimum absolute atomic E-state index is 0.406. The van der Waals surface area contributed by atoms with E-state index in [4.69, 9.17) is 0 Å². The zero-order valence-corrected chi connectivity index (χ0v) is 14.0. The summed E-state index contributed by atoms with van der Waals surface area (Å²) in [6, 6.07) is 7.73. The first-order valence-electron chi connectivity index (χ1n) is 8.34. The van der Waals surface area contributed by atoms with Crippen molar-refractivity contribution in [2.75, 3.05) is 23.3 Å². The molecule has 25 heavy (non-hydrogen) atoms. The molecule has 4 rings (SSSR count). The second-order valence-corrected chi connectivity index (χ2v) is 6.25. The van der Waals surface area contributed by atoms with Gasteiger partial charge in [0.2, 0.25) is 5.95 Å². The van der Waals surface area contributed by atoms with Crippen molar-refractivity contribution in [2.45, 2.75) is 19.8 Å². The van der Waals surface area contributed by atoms with Crippen LogP contribution in [0.3, 0.4) is 0 Å². The fraction of sp³-hybridized carbons (Fsp3) is 0.278. The van der Waals surface area contributed by atoms with Crippen LogP contribution < -0.4 is 10.2 Å². The SMILES string of the molecule is Cc1cc(Nc2ncn(-c3cncc(F)c3)n2)cc(N2CCCC2)c1. The van der Waals surface area contributed by atoms with E-state index in [0.29, 0.717) is 11.6 Å². The minimum Gasteiger partial charge on any atom is -0.371 e. The Morgan fingerprint density at radius 1 is 1.04 bits per heavy atom. The third-order valence-electron chi connectivity index (χ3n) is 4.24. The summed E-state index contributed by atoms with van der Waals surface area (Å²) in [6.45, 7) is 4.28. The summed E-state index contributed by atoms with van der Waals surface area (Å²) in [4.78, 5) is 10.5. The first-order valence-corrected chi connectivity index (χ1v) is 8.34. The van der Waals surface area contributed by atoms with Gasteiger partial charge in [-0.3, -0.25) is 4.98 Å². The van der Waals surface area contributed by atoms with Crippen LogP contribution >= 0.6 is 0 Å². The number of hydrogen-bond acceptors (Lipinski definition) is 5. The molecule has 0 spiro atoms. The van der Waals surface area contributed by atoms with Crippen LogP contribution in [0.25, 0.3) is 5.69 Å². The number of nitrogens with zero attached hydrogens (tertiary/aromatic N) is 5. The molecule has 6 nitrogen and oxygen atoms in total. The van der Waals surface area contributed by atoms with Crippen LogP contribution in [0.2, 0.25) is 0 Å². The largest absolute Gasteiger partial charge is 0.371 e. The Morgan fingerprint density at radius 2 is 1.88 bits per heavy atom. The van der Waals surface area contributed by atoms with E-state index in [2.05, 4.69) is 50.4 Å². The van der Waals surface area contributed by atoms with Gasteiger partial charge >= 0.3 is 0 Å². The van der Waals surface area contributed by atoms with Gasteiger partial charge in [0.1, 0.15) is 12.1 Å². The van der Waals surface area contributed by atoms with Crippen molar-refractivity contribution in [1.29, 1.82) is 0 Å². The molecule has 0 bridgehead atoms. The summed E-state index contributed by atoms with van der Waals surface area (Å²) >= 11 is 0. The molecule has 0 unspecified atom stereocenters. The standard InChI is InChI=1S/C18H19FN6/c1-13-6-15(9-16(7-13)24-4-2-3-5-24)22-18-21-12-25(23-18)17-8-14(19)10-20-11-17/h6-12H,2-5H2,1H3,(H,22,23). The highest BCUT2D eigenvalue weighted by Gasteiger charge is 2.13. The third-order valence-corrected chi connectivity index (χ3v) is 4.24. The highest BCUT2D eigenvalue weighted by Crippen LogP contribution is 2.26. The van der Waals surface area contributed by atoms with Gasteiger partial charge in [-0.05, 0) is 43.5 Å². The normalized spacial score (nSPS) is 14.1. The molecule has 2 aromatic heterocycles. The van der Waals surface area contributed by atoms with E-state index < -0.39 is 5.82 Å². The fourth-order valence-electron chi connectivity index (χ4n) is 3.09. The van der Waals surface area contributed by atoms with Crippen LogP contribution in [0, 0.1) is 12.7 Å². The van der Waals surface area contributed by atoms with Crippen molar-refractivity contribution < 1.29 is 4.39 Å². The molecule has 0 atom stereocenters. The summed E-state index contributed by atoms with van der Waals surface area (Å²) in [5.74, 6) is 0.0543. The lowest BCUT2D eigenvalue weighted by atomic mass is 10.2. The Balaban J connectivity index is 1.56. The monoisotopic (exact) mass is 338 g/mol. The lowest BCUT2D eigenvalue weighted by Gasteiger charge is -2.19. The second kappa shape index (κ2) is 6.51. The van der Waals surface area contributed by atoms with Crippen molar-refractivity contribution in [2.24, 2.45) is 0 Å². The number of anilines is 3. The smallest absolute Gasteiger partial charge is 0.246 e. The Morgan fingerprint density at radius 3 is 2.68 bits per heavy atom. The minimum atomic E-state index is -0.406. The van der Waals surface area contributed by atoms with E-state index in [1.165, 1.54) is 41.2 Å². The molecule has 3 aromatic rings. The van der Waals surface area contributed by atoms with Crippen molar-refractivity contribution in [1.82, 2.24) is 19.7 Å². The van der Waals surface area contributed by atoms with Gasteiger partial charge in [-0.1, -0.05) is 0 Å². The van der Waals surface area contributed by atoms with Gasteiger partial charge in [-0.15, -0.1) is 5.10 Å². The summed E-state index contributed by atoms with van der Waals surface area (Å²) in [6.07, 6.45) is 6.72. The number of aryl methyl sites for hydroxylation is 1. The third kappa shape index (κ3) is 3.45. The second-order valence-electron chi connectivity index (χ2n) is 6.25. The van der Waals surface area contributed by atoms with E-state index in [1.807, 2.05) is 0 Å². The number of rotatable bonds is 4. The summed E-state index contributed by atoms with van der Waals surface area (Å²) in [7, 11) is 0. The molecule has 0 amide bonds. The predicted molar refractivity (Wildman–Crippen MR) is 95.0 cm³/mol. The molecular weight excluding hydrogens is 319 g/mol. The first kappa shape index (κ1) is 15.6. The van der Waals surface area contributed by atoms with Gasteiger partial charge in [0.15, 0.2) is 0 Å². The predicted octanol–water partition coefficient (Wildman–Crippen LogP) is 3.45. The quantitative estimate of drug-likeness (QED) is 0.789. The molecule has 1 aliphatic rings. The molecule has 1 aliphatic heterocycles. The molecule has 3 heterocycles. The van der Waals surface area contributed by atoms with E-state index >= 15 is 0 Å². The Labute approximate surface area is 145 Å². The van der Waals surface area contributed by atoms with Crippen LogP contribution in [0.15, 0.2) is 43.0 Å². The number of halogens is 1. The van der Waals surface area contributed by atoms with E-state index in [9.17, 15) is 4.39 Å². The van der Waals surface area contributed by atoms with Crippen molar-refractivity contribution in [3.63, 3.8) is 0 Å². The number of hydrogen-bond donors (Lipinski definition) is 1. The molecule has 7 heteroatoms. The average molecular weight is 338 g/mol. The Kier molecular flexibility index (Phi) is 4.05. The van der Waals surface area contributed by atoms with Gasteiger partial charge < -0.3 is 10.2 Å². The fourth-order valence-corrected chi connectivity index (χ4v) is 3.09. The van der Waals surface area contributed by atoms with E-state index in [1.54, 1.807) is 6.20 Å². The highest BCUT2D eigenvalue weighted by atomic mass is 19.1. The number of aromatic nitrogens is 4. The lowest BCUT2D eigenvalue weighted by Crippen LogP contribution is -2.17. The molecule has 0 saturated carbocycles. The van der Waals surface area contributed by atoms with Gasteiger partial charge in [-0.2, -0.15) is 4.98 Å². The Bertz CT molecular complexity index is 885. The van der Waals surface area contributed by atoms with Crippen LogP contribution in [0.1, 0.15) is 18.4 Å². The topological polar surface area (TPSA) is 58.9 Å². The average Bonchev–Trinajstić information content (AvgIpc) is 3.26. The first-order chi connectivity index (χ1) is 12.2. The van der Waals surface area contributed by atoms with Gasteiger partial charge in [0, 0.05) is 30.5 Å². The van der Waals surface area contributed by atoms with E-state index in [-0.39, 0.29) is 0 Å². The van der Waals surface area contributed by atoms with Crippen molar-refractivity contribution in [3.8, 4) is 5.69 Å². The summed E-state index contributed by atoms with van der Waals surface area (Å²) in [5, 5.41) is 7.58. The summed E-state index contributed by atoms with van der Waals surface area (Å²) < 4.78 is 14.8. The molecular formula is C18H19FN6. The number of nitrogens with one attached hydrogen (secondary N) is 1. The van der Waals surface area contributed by atoms with Crippen molar-refractivity contribution >= 4 is 17.3 Å². The maximum Gasteiger partial charge on any atom is 0.246 e. The zero-order chi connectivity index (χ0) is 17.2. The lowest BCUT2D eigenvalue weighted by molar-refractivity contribution is 0.618. The Hall–Kier alpha value is -2.96. The van der Waals surface area contributed by atoms with Crippen LogP contribution in [0.4, 0.5) is 21.7 Å². The molecule has 0 aliphatic carbocycles.